The Labute approximate surface area is 145 Å². The van der Waals surface area contributed by atoms with Crippen molar-refractivity contribution in [2.45, 2.75) is 25.3 Å². The molecule has 0 fully saturated rings. The van der Waals surface area contributed by atoms with Gasteiger partial charge in [-0.25, -0.2) is 0 Å². The highest BCUT2D eigenvalue weighted by Crippen LogP contribution is 2.34. The van der Waals surface area contributed by atoms with Crippen LogP contribution in [-0.4, -0.2) is 23.3 Å². The Bertz CT molecular complexity index is 767. The first-order valence-corrected chi connectivity index (χ1v) is 7.41. The minimum Gasteiger partial charge on any atom is -0.349 e. The number of nitrogens with one attached hydrogen (secondary N) is 1. The zero-order chi connectivity index (χ0) is 19.0. The van der Waals surface area contributed by atoms with Crippen molar-refractivity contribution in [3.63, 3.8) is 0 Å². The molecule has 4 nitrogen and oxygen atoms in total. The lowest BCUT2D eigenvalue weighted by atomic mass is 10.1. The Morgan fingerprint density at radius 3 is 2.20 bits per heavy atom. The Balaban J connectivity index is 2.25. The molecule has 1 amide bonds. The molecular weight excluding hydrogens is 422 g/mol. The monoisotopic (exact) mass is 430 g/mol. The van der Waals surface area contributed by atoms with Crippen molar-refractivity contribution in [3.8, 4) is 11.3 Å². The van der Waals surface area contributed by atoms with Crippen LogP contribution in [0, 0.1) is 0 Å². The second-order valence-corrected chi connectivity index (χ2v) is 5.78. The number of rotatable bonds is 3. The van der Waals surface area contributed by atoms with Gasteiger partial charge in [-0.3, -0.25) is 4.79 Å². The van der Waals surface area contributed by atoms with Crippen LogP contribution >= 0.6 is 15.9 Å². The van der Waals surface area contributed by atoms with E-state index in [1.807, 2.05) is 0 Å². The van der Waals surface area contributed by atoms with E-state index in [0.717, 1.165) is 31.2 Å². The quantitative estimate of drug-likeness (QED) is 0.711. The van der Waals surface area contributed by atoms with E-state index in [9.17, 15) is 31.1 Å². The lowest BCUT2D eigenvalue weighted by molar-refractivity contribution is -0.149. The minimum absolute atomic E-state index is 0.0152. The number of hydrogen-bond donors (Lipinski definition) is 1. The summed E-state index contributed by atoms with van der Waals surface area (Å²) in [4.78, 5) is 11.8. The van der Waals surface area contributed by atoms with Crippen LogP contribution in [0.15, 0.2) is 33.3 Å². The highest BCUT2D eigenvalue weighted by molar-refractivity contribution is 9.10. The standard InChI is InChI=1S/C14H9BrF6N2O2/c1-6(13(16,17)18)22-12(24)11-9(15)10(23-25-11)7-2-4-8(5-3-7)14(19,20)21/h2-6H,1H3,(H,22,24). The highest BCUT2D eigenvalue weighted by Gasteiger charge is 2.38. The van der Waals surface area contributed by atoms with Crippen molar-refractivity contribution >= 4 is 21.8 Å². The van der Waals surface area contributed by atoms with Crippen molar-refractivity contribution < 1.29 is 35.7 Å². The average molecular weight is 431 g/mol. The number of carbonyl (C=O) groups excluding carboxylic acids is 1. The molecule has 11 heteroatoms. The molecule has 0 aliphatic carbocycles. The van der Waals surface area contributed by atoms with Gasteiger partial charge in [0, 0.05) is 5.56 Å². The fraction of sp³-hybridized carbons (Fsp3) is 0.286. The predicted molar refractivity (Wildman–Crippen MR) is 77.6 cm³/mol. The van der Waals surface area contributed by atoms with E-state index < -0.39 is 35.6 Å². The molecule has 2 rings (SSSR count). The molecule has 1 atom stereocenters. The maximum Gasteiger partial charge on any atom is 0.416 e. The molecule has 1 N–H and O–H groups in total. The van der Waals surface area contributed by atoms with Gasteiger partial charge in [0.05, 0.1) is 10.0 Å². The van der Waals surface area contributed by atoms with Crippen LogP contribution in [0.5, 0.6) is 0 Å². The van der Waals surface area contributed by atoms with E-state index in [1.165, 1.54) is 0 Å². The van der Waals surface area contributed by atoms with Crippen LogP contribution in [-0.2, 0) is 6.18 Å². The molecular formula is C14H9BrF6N2O2. The fourth-order valence-corrected chi connectivity index (χ4v) is 2.31. The van der Waals surface area contributed by atoms with E-state index in [1.54, 1.807) is 5.32 Å². The lowest BCUT2D eigenvalue weighted by Crippen LogP contribution is -2.43. The maximum absolute atomic E-state index is 12.5. The summed E-state index contributed by atoms with van der Waals surface area (Å²) in [6.45, 7) is 0.749. The van der Waals surface area contributed by atoms with Gasteiger partial charge in [0.2, 0.25) is 5.76 Å². The molecule has 0 radical (unpaired) electrons. The third-order valence-corrected chi connectivity index (χ3v) is 3.90. The zero-order valence-electron chi connectivity index (χ0n) is 12.3. The van der Waals surface area contributed by atoms with Crippen LogP contribution in [0.3, 0.4) is 0 Å². The van der Waals surface area contributed by atoms with Crippen LogP contribution in [0.4, 0.5) is 26.3 Å². The summed E-state index contributed by atoms with van der Waals surface area (Å²) in [5, 5.41) is 5.22. The van der Waals surface area contributed by atoms with Crippen LogP contribution in [0.1, 0.15) is 23.0 Å². The van der Waals surface area contributed by atoms with Gasteiger partial charge < -0.3 is 9.84 Å². The van der Waals surface area contributed by atoms with E-state index in [4.69, 9.17) is 4.52 Å². The second kappa shape index (κ2) is 6.70. The summed E-state index contributed by atoms with van der Waals surface area (Å²) in [6.07, 6.45) is -9.16. The van der Waals surface area contributed by atoms with E-state index in [2.05, 4.69) is 21.1 Å². The molecule has 1 heterocycles. The molecule has 1 unspecified atom stereocenters. The van der Waals surface area contributed by atoms with Gasteiger partial charge in [-0.1, -0.05) is 17.3 Å². The second-order valence-electron chi connectivity index (χ2n) is 4.99. The number of nitrogens with zero attached hydrogens (tertiary/aromatic N) is 1. The number of alkyl halides is 6. The number of hydrogen-bond acceptors (Lipinski definition) is 3. The van der Waals surface area contributed by atoms with Crippen molar-refractivity contribution in [1.82, 2.24) is 10.5 Å². The van der Waals surface area contributed by atoms with Crippen molar-refractivity contribution in [2.24, 2.45) is 0 Å². The molecule has 0 saturated carbocycles. The van der Waals surface area contributed by atoms with Crippen molar-refractivity contribution in [1.29, 1.82) is 0 Å². The zero-order valence-corrected chi connectivity index (χ0v) is 13.9. The fourth-order valence-electron chi connectivity index (χ4n) is 1.76. The van der Waals surface area contributed by atoms with E-state index >= 15 is 0 Å². The summed E-state index contributed by atoms with van der Waals surface area (Å²) in [6, 6.07) is 1.70. The molecule has 0 saturated heterocycles. The van der Waals surface area contributed by atoms with Crippen LogP contribution in [0.2, 0.25) is 0 Å². The highest BCUT2D eigenvalue weighted by atomic mass is 79.9. The average Bonchev–Trinajstić information content (AvgIpc) is 2.87. The van der Waals surface area contributed by atoms with Gasteiger partial charge in [-0.2, -0.15) is 26.3 Å². The molecule has 136 valence electrons. The Hall–Kier alpha value is -2.04. The topological polar surface area (TPSA) is 55.1 Å². The summed E-state index contributed by atoms with van der Waals surface area (Å²) >= 11 is 2.97. The SMILES string of the molecule is CC(NC(=O)c1onc(-c2ccc(C(F)(F)F)cc2)c1Br)C(F)(F)F. The summed E-state index contributed by atoms with van der Waals surface area (Å²) < 4.78 is 79.7. The van der Waals surface area contributed by atoms with Crippen LogP contribution < -0.4 is 5.32 Å². The normalized spacial score (nSPS) is 13.6. The van der Waals surface area contributed by atoms with Crippen molar-refractivity contribution in [3.05, 3.63) is 40.1 Å². The lowest BCUT2D eigenvalue weighted by Gasteiger charge is -2.16. The first-order chi connectivity index (χ1) is 11.4. The Kier molecular flexibility index (Phi) is 5.17. The van der Waals surface area contributed by atoms with E-state index in [-0.39, 0.29) is 15.7 Å². The first kappa shape index (κ1) is 19.3. The van der Waals surface area contributed by atoms with E-state index in [0.29, 0.717) is 0 Å². The van der Waals surface area contributed by atoms with Gasteiger partial charge in [-0.15, -0.1) is 0 Å². The molecule has 2 aromatic rings. The first-order valence-electron chi connectivity index (χ1n) is 6.61. The Morgan fingerprint density at radius 2 is 1.72 bits per heavy atom. The third-order valence-electron chi connectivity index (χ3n) is 3.17. The number of aromatic nitrogens is 1. The third kappa shape index (κ3) is 4.33. The van der Waals surface area contributed by atoms with Gasteiger partial charge in [0.25, 0.3) is 5.91 Å². The Morgan fingerprint density at radius 1 is 1.16 bits per heavy atom. The molecule has 0 spiro atoms. The smallest absolute Gasteiger partial charge is 0.349 e. The van der Waals surface area contributed by atoms with Crippen LogP contribution in [0.25, 0.3) is 11.3 Å². The maximum atomic E-state index is 12.5. The molecule has 25 heavy (non-hydrogen) atoms. The van der Waals surface area contributed by atoms with Crippen molar-refractivity contribution in [2.75, 3.05) is 0 Å². The molecule has 1 aromatic carbocycles. The predicted octanol–water partition coefficient (Wildman–Crippen LogP) is 4.80. The summed E-state index contributed by atoms with van der Waals surface area (Å²) in [5.41, 5.74) is -0.710. The van der Waals surface area contributed by atoms with Gasteiger partial charge in [0.1, 0.15) is 11.7 Å². The van der Waals surface area contributed by atoms with Gasteiger partial charge in [-0.05, 0) is 35.0 Å². The summed E-state index contributed by atoms with van der Waals surface area (Å²) in [5.74, 6) is -1.69. The molecule has 0 aliphatic rings. The van der Waals surface area contributed by atoms with Gasteiger partial charge in [0.15, 0.2) is 0 Å². The largest absolute Gasteiger partial charge is 0.416 e. The molecule has 0 aliphatic heterocycles. The number of amides is 1. The number of halogens is 7. The molecule has 0 bridgehead atoms. The van der Waals surface area contributed by atoms with Gasteiger partial charge >= 0.3 is 12.4 Å². The summed E-state index contributed by atoms with van der Waals surface area (Å²) in [7, 11) is 0. The molecule has 1 aromatic heterocycles. The number of benzene rings is 1. The minimum atomic E-state index is -4.64. The number of carbonyl (C=O) groups is 1.